The molecule has 1 atom stereocenters. The molecule has 2 aromatic carbocycles. The number of fused-ring (bicyclic) bond motifs is 1. The minimum absolute atomic E-state index is 0.000630. The summed E-state index contributed by atoms with van der Waals surface area (Å²) in [5.41, 5.74) is 3.04. The van der Waals surface area contributed by atoms with Gasteiger partial charge in [-0.2, -0.15) is 0 Å². The number of nitrogens with zero attached hydrogens (tertiary/aromatic N) is 1. The van der Waals surface area contributed by atoms with E-state index in [0.717, 1.165) is 31.2 Å². The monoisotopic (exact) mass is 402 g/mol. The lowest BCUT2D eigenvalue weighted by atomic mass is 9.72. The maximum atomic E-state index is 13.1. The molecule has 3 aromatic rings. The van der Waals surface area contributed by atoms with Crippen molar-refractivity contribution in [2.75, 3.05) is 5.32 Å². The molecule has 3 nitrogen and oxygen atoms in total. The second-order valence-corrected chi connectivity index (χ2v) is 8.16. The predicted octanol–water partition coefficient (Wildman–Crippen LogP) is 6.48. The molecule has 1 aromatic heterocycles. The van der Waals surface area contributed by atoms with Gasteiger partial charge in [-0.25, -0.2) is 4.39 Å². The summed E-state index contributed by atoms with van der Waals surface area (Å²) in [7, 11) is 0. The third-order valence-electron chi connectivity index (χ3n) is 6.33. The van der Waals surface area contributed by atoms with Crippen LogP contribution in [0.25, 0.3) is 10.9 Å². The Balaban J connectivity index is 1.44. The van der Waals surface area contributed by atoms with Crippen LogP contribution in [0.2, 0.25) is 0 Å². The van der Waals surface area contributed by atoms with Crippen LogP contribution in [0.15, 0.2) is 73.4 Å². The Morgan fingerprint density at radius 1 is 1.10 bits per heavy atom. The molecule has 1 aliphatic carbocycles. The molecule has 0 aliphatic heterocycles. The first-order chi connectivity index (χ1) is 14.7. The van der Waals surface area contributed by atoms with Gasteiger partial charge < -0.3 is 5.32 Å². The fraction of sp³-hybridized carbons (Fsp3) is 0.308. The number of nitrogens with one attached hydrogen (secondary N) is 1. The molecule has 4 rings (SSSR count). The Labute approximate surface area is 177 Å². The van der Waals surface area contributed by atoms with Crippen LogP contribution in [0.5, 0.6) is 0 Å². The standard InChI is InChI=1S/C26H27FN2O/c1-2-5-23(26(30)29-21-14-12-20(27)13-15-21)19-10-8-18(9-11-19)22-16-17-28-25-7-4-3-6-24(22)25/h2-4,6-7,12-19,23H,1,5,8-11H2,(H,29,30)/t18-,19+,23-/m1/s1. The van der Waals surface area contributed by atoms with Crippen molar-refractivity contribution in [3.05, 3.63) is 84.8 Å². The van der Waals surface area contributed by atoms with E-state index in [0.29, 0.717) is 23.9 Å². The van der Waals surface area contributed by atoms with Gasteiger partial charge in [0.05, 0.1) is 5.52 Å². The van der Waals surface area contributed by atoms with Crippen molar-refractivity contribution >= 4 is 22.5 Å². The van der Waals surface area contributed by atoms with E-state index < -0.39 is 0 Å². The maximum absolute atomic E-state index is 13.1. The maximum Gasteiger partial charge on any atom is 0.228 e. The summed E-state index contributed by atoms with van der Waals surface area (Å²) in [4.78, 5) is 17.4. The topological polar surface area (TPSA) is 42.0 Å². The van der Waals surface area contributed by atoms with Gasteiger partial charge in [0.1, 0.15) is 5.82 Å². The van der Waals surface area contributed by atoms with Crippen molar-refractivity contribution in [1.29, 1.82) is 0 Å². The Morgan fingerprint density at radius 2 is 1.83 bits per heavy atom. The summed E-state index contributed by atoms with van der Waals surface area (Å²) in [6.07, 6.45) is 8.54. The SMILES string of the molecule is C=CC[C@@H](C(=O)Nc1ccc(F)cc1)[C@H]1CC[C@@H](c2ccnc3ccccc32)CC1. The lowest BCUT2D eigenvalue weighted by Crippen LogP contribution is -2.31. The number of para-hydroxylation sites is 1. The fourth-order valence-corrected chi connectivity index (χ4v) is 4.77. The number of amides is 1. The number of carbonyl (C=O) groups is 1. The average Bonchev–Trinajstić information content (AvgIpc) is 2.79. The molecule has 30 heavy (non-hydrogen) atoms. The molecule has 1 aliphatic rings. The molecule has 1 amide bonds. The lowest BCUT2D eigenvalue weighted by Gasteiger charge is -2.33. The summed E-state index contributed by atoms with van der Waals surface area (Å²) >= 11 is 0. The van der Waals surface area contributed by atoms with Crippen molar-refractivity contribution < 1.29 is 9.18 Å². The molecule has 0 unspecified atom stereocenters. The van der Waals surface area contributed by atoms with Crippen molar-refractivity contribution in [1.82, 2.24) is 4.98 Å². The first kappa shape index (κ1) is 20.3. The van der Waals surface area contributed by atoms with E-state index >= 15 is 0 Å². The van der Waals surface area contributed by atoms with Gasteiger partial charge in [0, 0.05) is 23.2 Å². The van der Waals surface area contributed by atoms with E-state index in [1.165, 1.54) is 23.1 Å². The summed E-state index contributed by atoms with van der Waals surface area (Å²) in [5, 5.41) is 4.19. The second-order valence-electron chi connectivity index (χ2n) is 8.16. The van der Waals surface area contributed by atoms with Gasteiger partial charge in [0.15, 0.2) is 0 Å². The summed E-state index contributed by atoms with van der Waals surface area (Å²) in [6, 6.07) is 16.4. The number of anilines is 1. The summed E-state index contributed by atoms with van der Waals surface area (Å²) in [5.74, 6) is 0.408. The van der Waals surface area contributed by atoms with E-state index in [9.17, 15) is 9.18 Å². The molecule has 1 heterocycles. The van der Waals surface area contributed by atoms with E-state index in [1.807, 2.05) is 18.3 Å². The number of pyridine rings is 1. The molecule has 0 bridgehead atoms. The zero-order valence-corrected chi connectivity index (χ0v) is 17.1. The van der Waals surface area contributed by atoms with E-state index in [-0.39, 0.29) is 17.6 Å². The quantitative estimate of drug-likeness (QED) is 0.480. The number of benzene rings is 2. The van der Waals surface area contributed by atoms with Gasteiger partial charge in [0.25, 0.3) is 0 Å². The molecular weight excluding hydrogens is 375 g/mol. The first-order valence-corrected chi connectivity index (χ1v) is 10.7. The number of aromatic nitrogens is 1. The highest BCUT2D eigenvalue weighted by Gasteiger charge is 2.32. The number of rotatable bonds is 6. The molecule has 1 saturated carbocycles. The van der Waals surface area contributed by atoms with Crippen molar-refractivity contribution in [3.8, 4) is 0 Å². The van der Waals surface area contributed by atoms with Crippen molar-refractivity contribution in [2.45, 2.75) is 38.0 Å². The largest absolute Gasteiger partial charge is 0.326 e. The fourth-order valence-electron chi connectivity index (χ4n) is 4.77. The number of halogens is 1. The lowest BCUT2D eigenvalue weighted by molar-refractivity contribution is -0.121. The molecule has 4 heteroatoms. The Kier molecular flexibility index (Phi) is 6.22. The summed E-state index contributed by atoms with van der Waals surface area (Å²) < 4.78 is 13.1. The smallest absolute Gasteiger partial charge is 0.228 e. The zero-order valence-electron chi connectivity index (χ0n) is 17.1. The minimum Gasteiger partial charge on any atom is -0.326 e. The summed E-state index contributed by atoms with van der Waals surface area (Å²) in [6.45, 7) is 3.86. The van der Waals surface area contributed by atoms with Gasteiger partial charge in [-0.1, -0.05) is 24.3 Å². The highest BCUT2D eigenvalue weighted by atomic mass is 19.1. The van der Waals surface area contributed by atoms with E-state index in [2.05, 4.69) is 41.1 Å². The second kappa shape index (κ2) is 9.21. The number of carbonyl (C=O) groups excluding carboxylic acids is 1. The minimum atomic E-state index is -0.308. The molecule has 1 fully saturated rings. The Bertz CT molecular complexity index is 1020. The molecule has 0 radical (unpaired) electrons. The van der Waals surface area contributed by atoms with Gasteiger partial charge in [-0.15, -0.1) is 6.58 Å². The van der Waals surface area contributed by atoms with E-state index in [4.69, 9.17) is 0 Å². The highest BCUT2D eigenvalue weighted by molar-refractivity contribution is 5.92. The van der Waals surface area contributed by atoms with E-state index in [1.54, 1.807) is 12.1 Å². The van der Waals surface area contributed by atoms with Crippen LogP contribution in [0.1, 0.15) is 43.6 Å². The van der Waals surface area contributed by atoms with Crippen LogP contribution in [0.3, 0.4) is 0 Å². The normalized spacial score (nSPS) is 19.9. The van der Waals surface area contributed by atoms with Gasteiger partial charge in [0.2, 0.25) is 5.91 Å². The van der Waals surface area contributed by atoms with Crippen LogP contribution in [-0.2, 0) is 4.79 Å². The van der Waals surface area contributed by atoms with Crippen LogP contribution >= 0.6 is 0 Å². The highest BCUT2D eigenvalue weighted by Crippen LogP contribution is 2.41. The third kappa shape index (κ3) is 4.43. The molecule has 1 N–H and O–H groups in total. The molecule has 154 valence electrons. The molecule has 0 spiro atoms. The third-order valence-corrected chi connectivity index (χ3v) is 6.33. The number of hydrogen-bond donors (Lipinski definition) is 1. The van der Waals surface area contributed by atoms with Crippen LogP contribution in [0, 0.1) is 17.7 Å². The van der Waals surface area contributed by atoms with Crippen molar-refractivity contribution in [3.63, 3.8) is 0 Å². The number of allylic oxidation sites excluding steroid dienone is 1. The van der Waals surface area contributed by atoms with Crippen molar-refractivity contribution in [2.24, 2.45) is 11.8 Å². The Morgan fingerprint density at radius 3 is 2.57 bits per heavy atom. The van der Waals surface area contributed by atoms with Gasteiger partial charge in [-0.3, -0.25) is 9.78 Å². The average molecular weight is 403 g/mol. The predicted molar refractivity (Wildman–Crippen MR) is 120 cm³/mol. The van der Waals surface area contributed by atoms with Gasteiger partial charge in [-0.05, 0) is 85.9 Å². The zero-order chi connectivity index (χ0) is 20.9. The first-order valence-electron chi connectivity index (χ1n) is 10.7. The van der Waals surface area contributed by atoms with Gasteiger partial charge >= 0.3 is 0 Å². The molecule has 0 saturated heterocycles. The molecular formula is C26H27FN2O. The number of hydrogen-bond acceptors (Lipinski definition) is 2. The van der Waals surface area contributed by atoms with Crippen LogP contribution < -0.4 is 5.32 Å². The Hall–Kier alpha value is -3.01. The van der Waals surface area contributed by atoms with Crippen LogP contribution in [-0.4, -0.2) is 10.9 Å². The van der Waals surface area contributed by atoms with Crippen LogP contribution in [0.4, 0.5) is 10.1 Å².